The maximum Gasteiger partial charge on any atom is 0.223 e. The molecular weight excluding hydrogens is 357 g/mol. The SMILES string of the molecule is CC(CC(=O)N1C2CC3(C)CC1CC(O)(C2)C3)C1=NN(C)C2CC=CC(F)=C12. The highest BCUT2D eigenvalue weighted by molar-refractivity contribution is 6.06. The summed E-state index contributed by atoms with van der Waals surface area (Å²) in [7, 11) is 1.88. The Kier molecular flexibility index (Phi) is 3.87. The minimum Gasteiger partial charge on any atom is -0.390 e. The van der Waals surface area contributed by atoms with Crippen LogP contribution in [-0.4, -0.2) is 57.4 Å². The zero-order valence-corrected chi connectivity index (χ0v) is 17.0. The average molecular weight is 387 g/mol. The van der Waals surface area contributed by atoms with Crippen LogP contribution in [0, 0.1) is 11.3 Å². The van der Waals surface area contributed by atoms with Crippen molar-refractivity contribution in [3.05, 3.63) is 23.6 Å². The first-order chi connectivity index (χ1) is 13.2. The van der Waals surface area contributed by atoms with Crippen LogP contribution < -0.4 is 0 Å². The fraction of sp³-hybridized carbons (Fsp3) is 0.727. The van der Waals surface area contributed by atoms with Crippen LogP contribution in [0.25, 0.3) is 0 Å². The van der Waals surface area contributed by atoms with Gasteiger partial charge in [0.15, 0.2) is 0 Å². The Balaban J connectivity index is 1.34. The number of amides is 1. The number of carbonyl (C=O) groups is 1. The molecule has 4 unspecified atom stereocenters. The molecule has 3 aliphatic heterocycles. The Morgan fingerprint density at radius 3 is 2.68 bits per heavy atom. The van der Waals surface area contributed by atoms with Gasteiger partial charge in [-0.25, -0.2) is 4.39 Å². The molecular formula is C22H30FN3O2. The van der Waals surface area contributed by atoms with Crippen molar-refractivity contribution in [3.63, 3.8) is 0 Å². The second-order valence-corrected chi connectivity index (χ2v) is 10.2. The lowest BCUT2D eigenvalue weighted by atomic mass is 9.54. The van der Waals surface area contributed by atoms with Gasteiger partial charge < -0.3 is 10.0 Å². The third kappa shape index (κ3) is 2.67. The highest BCUT2D eigenvalue weighted by Crippen LogP contribution is 2.57. The zero-order chi connectivity index (χ0) is 19.8. The molecule has 4 fully saturated rings. The van der Waals surface area contributed by atoms with Gasteiger partial charge in [0.05, 0.1) is 17.4 Å². The normalized spacial score (nSPS) is 42.2. The van der Waals surface area contributed by atoms with Crippen LogP contribution >= 0.6 is 0 Å². The zero-order valence-electron chi connectivity index (χ0n) is 17.0. The van der Waals surface area contributed by atoms with E-state index in [9.17, 15) is 14.3 Å². The number of halogens is 1. The fourth-order valence-corrected chi connectivity index (χ4v) is 6.93. The molecule has 4 atom stereocenters. The summed E-state index contributed by atoms with van der Waals surface area (Å²) in [5.74, 6) is -0.207. The Morgan fingerprint density at radius 1 is 1.36 bits per heavy atom. The van der Waals surface area contributed by atoms with Gasteiger partial charge in [0.25, 0.3) is 0 Å². The lowest BCUT2D eigenvalue weighted by Gasteiger charge is -2.63. The number of hydrogen-bond acceptors (Lipinski definition) is 4. The van der Waals surface area contributed by atoms with E-state index in [1.165, 1.54) is 6.08 Å². The van der Waals surface area contributed by atoms with Crippen molar-refractivity contribution >= 4 is 11.6 Å². The van der Waals surface area contributed by atoms with E-state index in [1.807, 2.05) is 25.1 Å². The second-order valence-electron chi connectivity index (χ2n) is 10.2. The number of allylic oxidation sites excluding steroid dienone is 2. The molecule has 2 saturated carbocycles. The quantitative estimate of drug-likeness (QED) is 0.809. The van der Waals surface area contributed by atoms with E-state index in [2.05, 4.69) is 16.9 Å². The molecule has 3 aliphatic carbocycles. The minimum absolute atomic E-state index is 0.0479. The van der Waals surface area contributed by atoms with Gasteiger partial charge in [0.2, 0.25) is 5.91 Å². The van der Waals surface area contributed by atoms with Crippen LogP contribution in [-0.2, 0) is 4.79 Å². The second kappa shape index (κ2) is 5.91. The summed E-state index contributed by atoms with van der Waals surface area (Å²) in [5.41, 5.74) is 0.957. The van der Waals surface area contributed by atoms with Crippen molar-refractivity contribution in [2.45, 2.75) is 82.5 Å². The summed E-state index contributed by atoms with van der Waals surface area (Å²) in [6, 6.07) is 0.240. The summed E-state index contributed by atoms with van der Waals surface area (Å²) < 4.78 is 14.5. The van der Waals surface area contributed by atoms with Gasteiger partial charge in [-0.2, -0.15) is 5.10 Å². The number of fused-ring (bicyclic) bond motifs is 1. The number of likely N-dealkylation sites (N-methyl/N-ethyl adjacent to an activating group) is 1. The van der Waals surface area contributed by atoms with Crippen molar-refractivity contribution in [1.29, 1.82) is 0 Å². The van der Waals surface area contributed by atoms with E-state index < -0.39 is 5.60 Å². The van der Waals surface area contributed by atoms with Crippen LogP contribution in [0.3, 0.4) is 0 Å². The maximum atomic E-state index is 14.5. The molecule has 5 nitrogen and oxygen atoms in total. The Bertz CT molecular complexity index is 781. The van der Waals surface area contributed by atoms with Gasteiger partial charge in [0.1, 0.15) is 5.83 Å². The van der Waals surface area contributed by atoms with Crippen molar-refractivity contribution in [3.8, 4) is 0 Å². The number of rotatable bonds is 3. The van der Waals surface area contributed by atoms with Gasteiger partial charge in [-0.05, 0) is 50.0 Å². The van der Waals surface area contributed by atoms with E-state index in [1.54, 1.807) is 0 Å². The molecule has 1 amide bonds. The highest BCUT2D eigenvalue weighted by Gasteiger charge is 2.59. The molecule has 0 aromatic carbocycles. The van der Waals surface area contributed by atoms with Crippen LogP contribution in [0.15, 0.2) is 28.7 Å². The lowest BCUT2D eigenvalue weighted by Crippen LogP contribution is -2.68. The molecule has 0 radical (unpaired) electrons. The highest BCUT2D eigenvalue weighted by atomic mass is 19.1. The van der Waals surface area contributed by atoms with Crippen LogP contribution in [0.4, 0.5) is 4.39 Å². The number of hydrogen-bond donors (Lipinski definition) is 1. The largest absolute Gasteiger partial charge is 0.390 e. The van der Waals surface area contributed by atoms with E-state index in [0.717, 1.165) is 31.4 Å². The third-order valence-electron chi connectivity index (χ3n) is 7.67. The predicted molar refractivity (Wildman–Crippen MR) is 105 cm³/mol. The number of hydrazone groups is 1. The summed E-state index contributed by atoms with van der Waals surface area (Å²) >= 11 is 0. The van der Waals surface area contributed by atoms with Gasteiger partial charge in [-0.15, -0.1) is 0 Å². The first kappa shape index (κ1) is 18.3. The van der Waals surface area contributed by atoms with E-state index >= 15 is 0 Å². The Morgan fingerprint density at radius 2 is 2.04 bits per heavy atom. The molecule has 6 heteroatoms. The van der Waals surface area contributed by atoms with Crippen molar-refractivity contribution in [2.75, 3.05) is 7.05 Å². The molecule has 1 N–H and O–H groups in total. The summed E-state index contributed by atoms with van der Waals surface area (Å²) in [4.78, 5) is 15.3. The van der Waals surface area contributed by atoms with Gasteiger partial charge in [0, 0.05) is 37.0 Å². The standard InChI is InChI=1S/C22H30FN3O2/c1-13(20-19-16(23)5-4-6-17(19)25(3)24-20)7-18(27)26-14-8-21(2)9-15(26)11-22(28,10-14)12-21/h4-5,13-15,17,28H,6-12H2,1-3H3. The molecule has 28 heavy (non-hydrogen) atoms. The first-order valence-corrected chi connectivity index (χ1v) is 10.6. The van der Waals surface area contributed by atoms with Crippen molar-refractivity contribution < 1.29 is 14.3 Å². The Hall–Kier alpha value is -1.69. The monoisotopic (exact) mass is 387 g/mol. The van der Waals surface area contributed by atoms with Crippen molar-refractivity contribution in [1.82, 2.24) is 9.91 Å². The smallest absolute Gasteiger partial charge is 0.223 e. The molecule has 6 aliphatic rings. The average Bonchev–Trinajstić information content (AvgIpc) is 2.90. The number of aliphatic hydroxyl groups is 1. The minimum atomic E-state index is -0.586. The molecule has 0 spiro atoms. The summed E-state index contributed by atoms with van der Waals surface area (Å²) in [6.07, 6.45) is 8.73. The number of carbonyl (C=O) groups excluding carboxylic acids is 1. The molecule has 6 rings (SSSR count). The number of nitrogens with zero attached hydrogens (tertiary/aromatic N) is 3. The molecule has 4 bridgehead atoms. The number of piperidine rings is 2. The van der Waals surface area contributed by atoms with Crippen LogP contribution in [0.5, 0.6) is 0 Å². The fourth-order valence-electron chi connectivity index (χ4n) is 6.93. The maximum absolute atomic E-state index is 14.5. The summed E-state index contributed by atoms with van der Waals surface area (Å²) in [6.45, 7) is 4.24. The van der Waals surface area contributed by atoms with Gasteiger partial charge >= 0.3 is 0 Å². The molecule has 0 aromatic rings. The van der Waals surface area contributed by atoms with Crippen LogP contribution in [0.1, 0.15) is 58.8 Å². The third-order valence-corrected chi connectivity index (χ3v) is 7.67. The molecule has 0 aromatic heterocycles. The topological polar surface area (TPSA) is 56.1 Å². The van der Waals surface area contributed by atoms with E-state index in [4.69, 9.17) is 0 Å². The van der Waals surface area contributed by atoms with Crippen LogP contribution in [0.2, 0.25) is 0 Å². The van der Waals surface area contributed by atoms with Gasteiger partial charge in [-0.1, -0.05) is 19.9 Å². The van der Waals surface area contributed by atoms with E-state index in [0.29, 0.717) is 24.8 Å². The molecule has 152 valence electrons. The van der Waals surface area contributed by atoms with Crippen molar-refractivity contribution in [2.24, 2.45) is 16.4 Å². The molecule has 3 heterocycles. The summed E-state index contributed by atoms with van der Waals surface area (Å²) in [5, 5.41) is 17.3. The predicted octanol–water partition coefficient (Wildman–Crippen LogP) is 3.16. The lowest BCUT2D eigenvalue weighted by molar-refractivity contribution is -0.193. The Labute approximate surface area is 166 Å². The van der Waals surface area contributed by atoms with Gasteiger partial charge in [-0.3, -0.25) is 9.80 Å². The first-order valence-electron chi connectivity index (χ1n) is 10.6. The molecule has 2 saturated heterocycles. The van der Waals surface area contributed by atoms with E-state index in [-0.39, 0.29) is 41.2 Å².